The van der Waals surface area contributed by atoms with Gasteiger partial charge in [-0.1, -0.05) is 24.3 Å². The van der Waals surface area contributed by atoms with E-state index in [1.54, 1.807) is 4.90 Å². The maximum atomic E-state index is 13.1. The number of alkyl halides is 2. The van der Waals surface area contributed by atoms with Crippen molar-refractivity contribution in [3.8, 4) is 11.5 Å². The zero-order valence-electron chi connectivity index (χ0n) is 15.5. The molecule has 0 aliphatic carbocycles. The van der Waals surface area contributed by atoms with Gasteiger partial charge in [0.05, 0.1) is 13.7 Å². The highest BCUT2D eigenvalue weighted by atomic mass is 19.3. The van der Waals surface area contributed by atoms with E-state index in [1.165, 1.54) is 25.3 Å². The highest BCUT2D eigenvalue weighted by molar-refractivity contribution is 5.93. The average molecular weight is 404 g/mol. The predicted octanol–water partition coefficient (Wildman–Crippen LogP) is 2.55. The molecule has 0 saturated heterocycles. The second kappa shape index (κ2) is 7.32. The first-order valence-electron chi connectivity index (χ1n) is 8.93. The molecule has 7 nitrogen and oxygen atoms in total. The molecular formula is C20H18F2N2O5. The number of anilines is 1. The summed E-state index contributed by atoms with van der Waals surface area (Å²) in [6.45, 7) is 0.343. The third-order valence-corrected chi connectivity index (χ3v) is 4.85. The molecular weight excluding hydrogens is 386 g/mol. The van der Waals surface area contributed by atoms with E-state index in [0.717, 1.165) is 11.1 Å². The first-order valence-corrected chi connectivity index (χ1v) is 8.93. The number of esters is 1. The average Bonchev–Trinajstić information content (AvgIpc) is 2.99. The number of carbonyl (C=O) groups is 2. The summed E-state index contributed by atoms with van der Waals surface area (Å²) in [7, 11) is 1.31. The number of benzene rings is 2. The van der Waals surface area contributed by atoms with Crippen molar-refractivity contribution in [2.45, 2.75) is 25.3 Å². The van der Waals surface area contributed by atoms with E-state index in [1.807, 2.05) is 24.3 Å². The number of ether oxygens (including phenoxy) is 3. The Morgan fingerprint density at radius 3 is 2.66 bits per heavy atom. The molecule has 1 N–H and O–H groups in total. The minimum absolute atomic E-state index is 0.0707. The van der Waals surface area contributed by atoms with Crippen LogP contribution in [-0.4, -0.2) is 42.8 Å². The molecule has 1 atom stereocenters. The number of nitrogens with zero attached hydrogens (tertiary/aromatic N) is 1. The van der Waals surface area contributed by atoms with E-state index in [0.29, 0.717) is 13.0 Å². The van der Waals surface area contributed by atoms with Gasteiger partial charge >= 0.3 is 12.3 Å². The van der Waals surface area contributed by atoms with Gasteiger partial charge in [-0.05, 0) is 29.7 Å². The number of amides is 1. The van der Waals surface area contributed by atoms with Crippen LogP contribution in [0.1, 0.15) is 11.1 Å². The highest BCUT2D eigenvalue weighted by Crippen LogP contribution is 2.42. The van der Waals surface area contributed by atoms with Gasteiger partial charge in [0.25, 0.3) is 0 Å². The molecule has 1 amide bonds. The van der Waals surface area contributed by atoms with Gasteiger partial charge in [0.15, 0.2) is 11.5 Å². The summed E-state index contributed by atoms with van der Waals surface area (Å²) in [6.07, 6.45) is -3.28. The van der Waals surface area contributed by atoms with Crippen LogP contribution in [0.4, 0.5) is 14.5 Å². The van der Waals surface area contributed by atoms with Gasteiger partial charge in [-0.15, -0.1) is 8.78 Å². The zero-order valence-corrected chi connectivity index (χ0v) is 15.5. The number of nitrogens with one attached hydrogen (secondary N) is 1. The Labute approximate surface area is 165 Å². The Hall–Kier alpha value is -3.20. The molecule has 0 fully saturated rings. The normalized spacial score (nSPS) is 19.3. The van der Waals surface area contributed by atoms with Crippen molar-refractivity contribution in [3.63, 3.8) is 0 Å². The fourth-order valence-corrected chi connectivity index (χ4v) is 3.52. The molecule has 2 heterocycles. The lowest BCUT2D eigenvalue weighted by atomic mass is 9.94. The Kier molecular flexibility index (Phi) is 4.83. The molecule has 0 unspecified atom stereocenters. The van der Waals surface area contributed by atoms with Crippen LogP contribution in [0.15, 0.2) is 42.5 Å². The minimum atomic E-state index is -3.72. The van der Waals surface area contributed by atoms with Gasteiger partial charge in [0.2, 0.25) is 5.91 Å². The fraction of sp³-hybridized carbons (Fsp3) is 0.300. The number of methoxy groups -OCH3 is 1. The van der Waals surface area contributed by atoms with E-state index in [9.17, 15) is 18.4 Å². The van der Waals surface area contributed by atoms with E-state index >= 15 is 0 Å². The molecule has 152 valence electrons. The van der Waals surface area contributed by atoms with Crippen LogP contribution < -0.4 is 14.8 Å². The quantitative estimate of drug-likeness (QED) is 0.790. The number of hydrogen-bond acceptors (Lipinski definition) is 6. The number of rotatable bonds is 4. The molecule has 0 radical (unpaired) electrons. The predicted molar refractivity (Wildman–Crippen MR) is 97.6 cm³/mol. The molecule has 0 saturated carbocycles. The fourth-order valence-electron chi connectivity index (χ4n) is 3.52. The zero-order chi connectivity index (χ0) is 20.6. The summed E-state index contributed by atoms with van der Waals surface area (Å²) in [4.78, 5) is 26.5. The van der Waals surface area contributed by atoms with Gasteiger partial charge in [-0.25, -0.2) is 0 Å². The summed E-state index contributed by atoms with van der Waals surface area (Å²) in [5.74, 6) is -1.08. The largest absolute Gasteiger partial charge is 0.586 e. The standard InChI is InChI=1S/C20H18F2N2O5/c1-27-19(26)15-8-12-4-2-3-5-13(12)10-24(15)11-18(25)23-14-6-7-16-17(9-14)29-20(21,22)28-16/h2-7,9,15H,8,10-11H2,1H3,(H,23,25)/t15-/m0/s1. The van der Waals surface area contributed by atoms with E-state index < -0.39 is 24.2 Å². The maximum Gasteiger partial charge on any atom is 0.586 e. The van der Waals surface area contributed by atoms with E-state index in [2.05, 4.69) is 14.8 Å². The third-order valence-electron chi connectivity index (χ3n) is 4.85. The van der Waals surface area contributed by atoms with Gasteiger partial charge in [-0.2, -0.15) is 0 Å². The smallest absolute Gasteiger partial charge is 0.468 e. The van der Waals surface area contributed by atoms with Crippen LogP contribution in [0.3, 0.4) is 0 Å². The number of carbonyl (C=O) groups excluding carboxylic acids is 2. The minimum Gasteiger partial charge on any atom is -0.468 e. The van der Waals surface area contributed by atoms with Gasteiger partial charge in [0, 0.05) is 18.3 Å². The van der Waals surface area contributed by atoms with Crippen LogP contribution >= 0.6 is 0 Å². The Morgan fingerprint density at radius 2 is 1.90 bits per heavy atom. The summed E-state index contributed by atoms with van der Waals surface area (Å²) >= 11 is 0. The summed E-state index contributed by atoms with van der Waals surface area (Å²) in [5, 5.41) is 2.63. The van der Waals surface area contributed by atoms with Gasteiger partial charge in [0.1, 0.15) is 6.04 Å². The second-order valence-corrected chi connectivity index (χ2v) is 6.79. The highest BCUT2D eigenvalue weighted by Gasteiger charge is 2.43. The van der Waals surface area contributed by atoms with Gasteiger partial charge in [-0.3, -0.25) is 14.5 Å². The molecule has 2 aromatic rings. The van der Waals surface area contributed by atoms with Crippen LogP contribution in [-0.2, 0) is 27.3 Å². The van der Waals surface area contributed by atoms with E-state index in [4.69, 9.17) is 4.74 Å². The maximum absolute atomic E-state index is 13.1. The van der Waals surface area contributed by atoms with Gasteiger partial charge < -0.3 is 19.5 Å². The van der Waals surface area contributed by atoms with Crippen molar-refractivity contribution in [1.29, 1.82) is 0 Å². The molecule has 29 heavy (non-hydrogen) atoms. The molecule has 0 aromatic heterocycles. The van der Waals surface area contributed by atoms with E-state index in [-0.39, 0.29) is 23.7 Å². The molecule has 2 aliphatic heterocycles. The topological polar surface area (TPSA) is 77.1 Å². The number of fused-ring (bicyclic) bond motifs is 2. The summed E-state index contributed by atoms with van der Waals surface area (Å²) in [5.41, 5.74) is 2.35. The molecule has 0 spiro atoms. The molecule has 0 bridgehead atoms. The third kappa shape index (κ3) is 4.00. The lowest BCUT2D eigenvalue weighted by Crippen LogP contribution is -2.49. The Bertz CT molecular complexity index is 966. The summed E-state index contributed by atoms with van der Waals surface area (Å²) in [6, 6.07) is 11.1. The van der Waals surface area contributed by atoms with Crippen molar-refractivity contribution in [2.24, 2.45) is 0 Å². The number of halogens is 2. The van der Waals surface area contributed by atoms with Crippen molar-refractivity contribution in [1.82, 2.24) is 4.90 Å². The Balaban J connectivity index is 1.47. The summed E-state index contributed by atoms with van der Waals surface area (Å²) < 4.78 is 39.9. The monoisotopic (exact) mass is 404 g/mol. The number of hydrogen-bond donors (Lipinski definition) is 1. The molecule has 4 rings (SSSR count). The van der Waals surface area contributed by atoms with Crippen LogP contribution in [0.2, 0.25) is 0 Å². The van der Waals surface area contributed by atoms with Crippen molar-refractivity contribution < 1.29 is 32.6 Å². The second-order valence-electron chi connectivity index (χ2n) is 6.79. The molecule has 2 aliphatic rings. The lowest BCUT2D eigenvalue weighted by Gasteiger charge is -2.34. The SMILES string of the molecule is COC(=O)[C@@H]1Cc2ccccc2CN1CC(=O)Nc1ccc2c(c1)OC(F)(F)O2. The van der Waals surface area contributed by atoms with Crippen molar-refractivity contribution in [3.05, 3.63) is 53.6 Å². The van der Waals surface area contributed by atoms with Crippen LogP contribution in [0.5, 0.6) is 11.5 Å². The first kappa shape index (κ1) is 19.1. The first-order chi connectivity index (χ1) is 13.8. The molecule has 2 aromatic carbocycles. The van der Waals surface area contributed by atoms with Crippen LogP contribution in [0.25, 0.3) is 0 Å². The van der Waals surface area contributed by atoms with Crippen molar-refractivity contribution >= 4 is 17.6 Å². The molecule has 9 heteroatoms. The Morgan fingerprint density at radius 1 is 1.17 bits per heavy atom. The lowest BCUT2D eigenvalue weighted by molar-refractivity contribution is -0.286. The van der Waals surface area contributed by atoms with Crippen molar-refractivity contribution in [2.75, 3.05) is 19.0 Å². The van der Waals surface area contributed by atoms with Crippen LogP contribution in [0, 0.1) is 0 Å².